The van der Waals surface area contributed by atoms with Gasteiger partial charge in [-0.05, 0) is 67.7 Å². The highest BCUT2D eigenvalue weighted by Crippen LogP contribution is 2.42. The molecule has 2 amide bonds. The zero-order valence-electron chi connectivity index (χ0n) is 16.5. The maximum Gasteiger partial charge on any atom is 0.249 e. The van der Waals surface area contributed by atoms with Crippen LogP contribution < -0.4 is 22.1 Å². The van der Waals surface area contributed by atoms with Crippen LogP contribution in [-0.4, -0.2) is 30.7 Å². The van der Waals surface area contributed by atoms with E-state index in [0.717, 1.165) is 48.6 Å². The van der Waals surface area contributed by atoms with Gasteiger partial charge in [-0.25, -0.2) is 0 Å². The molecular weight excluding hydrogens is 402 g/mol. The Bertz CT molecular complexity index is 1040. The number of nitrogens with two attached hydrogens (primary N) is 2. The number of carbonyl (C=O) groups excluding carboxylic acids is 2. The van der Waals surface area contributed by atoms with Crippen LogP contribution in [0.5, 0.6) is 0 Å². The molecule has 8 heteroatoms. The van der Waals surface area contributed by atoms with Gasteiger partial charge in [0.25, 0.3) is 0 Å². The van der Waals surface area contributed by atoms with Gasteiger partial charge in [-0.3, -0.25) is 14.6 Å². The summed E-state index contributed by atoms with van der Waals surface area (Å²) in [5.74, 6) is -0.460. The SMILES string of the molecule is NC(=O)c1cc2c(cc1C(N)=O)NC(=NCc1cccc(Cl)c1)C1(CCNCC1)C2. The maximum atomic E-state index is 11.9. The van der Waals surface area contributed by atoms with E-state index in [1.807, 2.05) is 24.3 Å². The summed E-state index contributed by atoms with van der Waals surface area (Å²) >= 11 is 6.11. The molecule has 2 heterocycles. The Kier molecular flexibility index (Phi) is 5.49. The third-order valence-corrected chi connectivity index (χ3v) is 6.16. The quantitative estimate of drug-likeness (QED) is 0.600. The fourth-order valence-electron chi connectivity index (χ4n) is 4.36. The number of hydrogen-bond acceptors (Lipinski definition) is 4. The minimum absolute atomic E-state index is 0.115. The standard InChI is InChI=1S/C22H24ClN5O2/c23-15-3-1-2-13(8-15)12-27-21-22(4-6-26-7-5-22)11-14-9-16(19(24)29)17(20(25)30)10-18(14)28-21/h1-3,8-10,26H,4-7,11-12H2,(H2,24,29)(H2,25,30)(H,27,28). The van der Waals surface area contributed by atoms with Crippen LogP contribution >= 0.6 is 11.6 Å². The number of hydrogen-bond donors (Lipinski definition) is 4. The summed E-state index contributed by atoms with van der Waals surface area (Å²) in [6, 6.07) is 11.0. The van der Waals surface area contributed by atoms with Crippen LogP contribution in [0.3, 0.4) is 0 Å². The normalized spacial score (nSPS) is 18.6. The van der Waals surface area contributed by atoms with Gasteiger partial charge in [-0.2, -0.15) is 0 Å². The molecule has 1 spiro atoms. The zero-order chi connectivity index (χ0) is 21.3. The van der Waals surface area contributed by atoms with E-state index >= 15 is 0 Å². The van der Waals surface area contributed by atoms with E-state index in [9.17, 15) is 9.59 Å². The molecule has 1 fully saturated rings. The highest BCUT2D eigenvalue weighted by Gasteiger charge is 2.41. The molecule has 6 N–H and O–H groups in total. The number of fused-ring (bicyclic) bond motifs is 1. The second-order valence-corrected chi connectivity index (χ2v) is 8.35. The van der Waals surface area contributed by atoms with Crippen molar-refractivity contribution in [2.24, 2.45) is 21.9 Å². The van der Waals surface area contributed by atoms with Gasteiger partial charge < -0.3 is 22.1 Å². The fourth-order valence-corrected chi connectivity index (χ4v) is 4.57. The summed E-state index contributed by atoms with van der Waals surface area (Å²) in [4.78, 5) is 28.7. The number of amides is 2. The lowest BCUT2D eigenvalue weighted by molar-refractivity contribution is 0.0967. The summed E-state index contributed by atoms with van der Waals surface area (Å²) in [6.45, 7) is 2.26. The molecule has 2 aliphatic heterocycles. The van der Waals surface area contributed by atoms with Crippen molar-refractivity contribution in [3.05, 3.63) is 63.7 Å². The summed E-state index contributed by atoms with van der Waals surface area (Å²) in [6.07, 6.45) is 2.54. The molecule has 7 nitrogen and oxygen atoms in total. The van der Waals surface area contributed by atoms with Gasteiger partial charge in [-0.1, -0.05) is 23.7 Å². The van der Waals surface area contributed by atoms with Gasteiger partial charge in [0.2, 0.25) is 11.8 Å². The first kappa shape index (κ1) is 20.4. The second-order valence-electron chi connectivity index (χ2n) is 7.91. The molecule has 0 saturated carbocycles. The molecule has 0 aromatic heterocycles. The Labute approximate surface area is 179 Å². The van der Waals surface area contributed by atoms with Gasteiger partial charge in [0.15, 0.2) is 0 Å². The van der Waals surface area contributed by atoms with E-state index < -0.39 is 11.8 Å². The van der Waals surface area contributed by atoms with Gasteiger partial charge >= 0.3 is 0 Å². The molecule has 0 atom stereocenters. The molecule has 2 aromatic carbocycles. The second kappa shape index (κ2) is 8.08. The number of nitrogens with zero attached hydrogens (tertiary/aromatic N) is 1. The third kappa shape index (κ3) is 3.91. The van der Waals surface area contributed by atoms with E-state index in [1.165, 1.54) is 0 Å². The molecular formula is C22H24ClN5O2. The van der Waals surface area contributed by atoms with Gasteiger partial charge in [0, 0.05) is 16.1 Å². The molecule has 156 valence electrons. The highest BCUT2D eigenvalue weighted by molar-refractivity contribution is 6.30. The van der Waals surface area contributed by atoms with Crippen LogP contribution in [0.25, 0.3) is 0 Å². The summed E-state index contributed by atoms with van der Waals surface area (Å²) in [5.41, 5.74) is 13.8. The first-order chi connectivity index (χ1) is 14.4. The average molecular weight is 426 g/mol. The van der Waals surface area contributed by atoms with Gasteiger partial charge in [0.1, 0.15) is 5.84 Å². The van der Waals surface area contributed by atoms with E-state index in [2.05, 4.69) is 10.6 Å². The minimum Gasteiger partial charge on any atom is -0.366 e. The van der Waals surface area contributed by atoms with Crippen LogP contribution in [0.1, 0.15) is 44.7 Å². The van der Waals surface area contributed by atoms with Crippen LogP contribution in [0.4, 0.5) is 5.69 Å². The number of benzene rings is 2. The van der Waals surface area contributed by atoms with Crippen molar-refractivity contribution in [1.29, 1.82) is 0 Å². The average Bonchev–Trinajstić information content (AvgIpc) is 2.72. The number of amidine groups is 1. The summed E-state index contributed by atoms with van der Waals surface area (Å²) in [7, 11) is 0. The lowest BCUT2D eigenvalue weighted by Crippen LogP contribution is -2.49. The Morgan fingerprint density at radius 3 is 2.43 bits per heavy atom. The number of nitrogens with one attached hydrogen (secondary N) is 2. The van der Waals surface area contributed by atoms with Gasteiger partial charge in [-0.15, -0.1) is 0 Å². The smallest absolute Gasteiger partial charge is 0.249 e. The zero-order valence-corrected chi connectivity index (χ0v) is 17.3. The van der Waals surface area contributed by atoms with E-state index in [4.69, 9.17) is 28.1 Å². The van der Waals surface area contributed by atoms with Crippen molar-refractivity contribution in [2.45, 2.75) is 25.8 Å². The molecule has 4 rings (SSSR count). The number of halogens is 1. The van der Waals surface area contributed by atoms with Crippen LogP contribution in [0, 0.1) is 5.41 Å². The first-order valence-electron chi connectivity index (χ1n) is 9.92. The third-order valence-electron chi connectivity index (χ3n) is 5.93. The van der Waals surface area contributed by atoms with Crippen LogP contribution in [0.2, 0.25) is 5.02 Å². The molecule has 0 aliphatic carbocycles. The Morgan fingerprint density at radius 2 is 1.77 bits per heavy atom. The van der Waals surface area contributed by atoms with Crippen molar-refractivity contribution in [3.8, 4) is 0 Å². The number of carbonyl (C=O) groups is 2. The minimum atomic E-state index is -0.687. The molecule has 2 aliphatic rings. The van der Waals surface area contributed by atoms with Gasteiger partial charge in [0.05, 0.1) is 17.7 Å². The van der Waals surface area contributed by atoms with Crippen LogP contribution in [0.15, 0.2) is 41.4 Å². The topological polar surface area (TPSA) is 123 Å². The maximum absolute atomic E-state index is 11.9. The number of anilines is 1. The van der Waals surface area contributed by atoms with Crippen molar-refractivity contribution in [2.75, 3.05) is 18.4 Å². The first-order valence-corrected chi connectivity index (χ1v) is 10.3. The monoisotopic (exact) mass is 425 g/mol. The van der Waals surface area contributed by atoms with E-state index in [0.29, 0.717) is 18.0 Å². The summed E-state index contributed by atoms with van der Waals surface area (Å²) in [5, 5.41) is 7.51. The number of aliphatic imine (C=N–C) groups is 1. The number of rotatable bonds is 4. The molecule has 2 aromatic rings. The Hall–Kier alpha value is -2.90. The molecule has 0 unspecified atom stereocenters. The predicted molar refractivity (Wildman–Crippen MR) is 118 cm³/mol. The lowest BCUT2D eigenvalue weighted by Gasteiger charge is -2.43. The van der Waals surface area contributed by atoms with Crippen molar-refractivity contribution >= 4 is 34.9 Å². The molecule has 1 saturated heterocycles. The largest absolute Gasteiger partial charge is 0.366 e. The van der Waals surface area contributed by atoms with Crippen molar-refractivity contribution < 1.29 is 9.59 Å². The van der Waals surface area contributed by atoms with E-state index in [-0.39, 0.29) is 16.5 Å². The van der Waals surface area contributed by atoms with Crippen LogP contribution in [-0.2, 0) is 13.0 Å². The Morgan fingerprint density at radius 1 is 1.07 bits per heavy atom. The van der Waals surface area contributed by atoms with E-state index in [1.54, 1.807) is 12.1 Å². The Balaban J connectivity index is 1.75. The lowest BCUT2D eigenvalue weighted by atomic mass is 9.70. The predicted octanol–water partition coefficient (Wildman–Crippen LogP) is 2.47. The summed E-state index contributed by atoms with van der Waals surface area (Å²) < 4.78 is 0. The molecule has 30 heavy (non-hydrogen) atoms. The number of primary amides is 2. The molecule has 0 radical (unpaired) electrons. The molecule has 0 bridgehead atoms. The highest BCUT2D eigenvalue weighted by atomic mass is 35.5. The number of piperidine rings is 1. The van der Waals surface area contributed by atoms with Crippen molar-refractivity contribution in [3.63, 3.8) is 0 Å². The van der Waals surface area contributed by atoms with Crippen molar-refractivity contribution in [1.82, 2.24) is 5.32 Å². The fraction of sp³-hybridized carbons (Fsp3) is 0.318.